The van der Waals surface area contributed by atoms with Gasteiger partial charge in [0.2, 0.25) is 5.95 Å². The SMILES string of the molecule is O=C(O)c1cc2nccn2c(N2CCCn3nc(CO)cc3C2)n1. The Morgan fingerprint density at radius 1 is 1.29 bits per heavy atom. The Bertz CT molecular complexity index is 915. The molecule has 0 unspecified atom stereocenters. The van der Waals surface area contributed by atoms with Crippen molar-refractivity contribution in [3.05, 3.63) is 41.6 Å². The highest BCUT2D eigenvalue weighted by Gasteiger charge is 2.21. The van der Waals surface area contributed by atoms with Gasteiger partial charge in [0, 0.05) is 31.5 Å². The van der Waals surface area contributed by atoms with E-state index >= 15 is 0 Å². The van der Waals surface area contributed by atoms with Gasteiger partial charge in [0.1, 0.15) is 5.65 Å². The number of aromatic carboxylic acids is 1. The number of imidazole rings is 1. The maximum atomic E-state index is 11.4. The number of hydrogen-bond donors (Lipinski definition) is 2. The third-order valence-electron chi connectivity index (χ3n) is 4.10. The maximum Gasteiger partial charge on any atom is 0.354 e. The van der Waals surface area contributed by atoms with Crippen LogP contribution in [0.1, 0.15) is 28.3 Å². The van der Waals surface area contributed by atoms with Crippen LogP contribution >= 0.6 is 0 Å². The number of aryl methyl sites for hydroxylation is 1. The Morgan fingerprint density at radius 2 is 2.17 bits per heavy atom. The Kier molecular flexibility index (Phi) is 3.42. The van der Waals surface area contributed by atoms with Crippen LogP contribution in [0.3, 0.4) is 0 Å². The molecular formula is C15H16N6O3. The highest BCUT2D eigenvalue weighted by atomic mass is 16.4. The summed E-state index contributed by atoms with van der Waals surface area (Å²) >= 11 is 0. The van der Waals surface area contributed by atoms with E-state index in [4.69, 9.17) is 0 Å². The molecular weight excluding hydrogens is 312 g/mol. The van der Waals surface area contributed by atoms with Gasteiger partial charge in [-0.3, -0.25) is 9.08 Å². The van der Waals surface area contributed by atoms with E-state index in [9.17, 15) is 15.0 Å². The van der Waals surface area contributed by atoms with E-state index in [0.717, 1.165) is 25.2 Å². The number of aliphatic hydroxyl groups excluding tert-OH is 1. The number of anilines is 1. The maximum absolute atomic E-state index is 11.4. The molecule has 0 aliphatic carbocycles. The van der Waals surface area contributed by atoms with Gasteiger partial charge in [-0.15, -0.1) is 0 Å². The summed E-state index contributed by atoms with van der Waals surface area (Å²) in [6.07, 6.45) is 4.23. The lowest BCUT2D eigenvalue weighted by Crippen LogP contribution is -2.26. The van der Waals surface area contributed by atoms with Crippen molar-refractivity contribution in [3.63, 3.8) is 0 Å². The van der Waals surface area contributed by atoms with Crippen molar-refractivity contribution >= 4 is 17.6 Å². The Hall–Kier alpha value is -2.94. The average molecular weight is 328 g/mol. The number of aromatic nitrogens is 5. The van der Waals surface area contributed by atoms with Crippen LogP contribution in [0.25, 0.3) is 5.65 Å². The van der Waals surface area contributed by atoms with Gasteiger partial charge in [-0.25, -0.2) is 14.8 Å². The molecule has 3 aromatic heterocycles. The summed E-state index contributed by atoms with van der Waals surface area (Å²) in [6.45, 7) is 1.91. The third-order valence-corrected chi connectivity index (χ3v) is 4.10. The zero-order chi connectivity index (χ0) is 16.7. The quantitative estimate of drug-likeness (QED) is 0.721. The third kappa shape index (κ3) is 2.38. The number of hydrogen-bond acceptors (Lipinski definition) is 6. The van der Waals surface area contributed by atoms with Crippen molar-refractivity contribution < 1.29 is 15.0 Å². The number of aliphatic hydroxyl groups is 1. The smallest absolute Gasteiger partial charge is 0.354 e. The molecule has 0 spiro atoms. The second kappa shape index (κ2) is 5.60. The first-order valence-electron chi connectivity index (χ1n) is 7.64. The predicted molar refractivity (Wildman–Crippen MR) is 83.8 cm³/mol. The number of carboxylic acid groups (broad SMARTS) is 1. The molecule has 9 heteroatoms. The van der Waals surface area contributed by atoms with E-state index in [-0.39, 0.29) is 12.3 Å². The molecule has 0 saturated carbocycles. The summed E-state index contributed by atoms with van der Waals surface area (Å²) in [5.41, 5.74) is 2.11. The van der Waals surface area contributed by atoms with Crippen LogP contribution in [0.2, 0.25) is 0 Å². The summed E-state index contributed by atoms with van der Waals surface area (Å²) in [5, 5.41) is 22.9. The predicted octanol–water partition coefficient (Wildman–Crippen LogP) is 0.527. The van der Waals surface area contributed by atoms with Gasteiger partial charge in [-0.05, 0) is 12.5 Å². The fourth-order valence-electron chi connectivity index (χ4n) is 3.01. The number of nitrogens with zero attached hydrogens (tertiary/aromatic N) is 6. The van der Waals surface area contributed by atoms with Crippen molar-refractivity contribution in [3.8, 4) is 0 Å². The number of carbonyl (C=O) groups is 1. The van der Waals surface area contributed by atoms with Gasteiger partial charge >= 0.3 is 5.97 Å². The summed E-state index contributed by atoms with van der Waals surface area (Å²) in [7, 11) is 0. The van der Waals surface area contributed by atoms with Crippen LogP contribution < -0.4 is 4.90 Å². The second-order valence-electron chi connectivity index (χ2n) is 5.69. The molecule has 1 aliphatic rings. The van der Waals surface area contributed by atoms with Crippen molar-refractivity contribution in [1.82, 2.24) is 24.1 Å². The summed E-state index contributed by atoms with van der Waals surface area (Å²) < 4.78 is 3.67. The van der Waals surface area contributed by atoms with Crippen molar-refractivity contribution in [2.24, 2.45) is 0 Å². The molecule has 24 heavy (non-hydrogen) atoms. The summed E-state index contributed by atoms with van der Waals surface area (Å²) in [6, 6.07) is 3.32. The fourth-order valence-corrected chi connectivity index (χ4v) is 3.01. The fraction of sp³-hybridized carbons (Fsp3) is 0.333. The van der Waals surface area contributed by atoms with Crippen molar-refractivity contribution in [1.29, 1.82) is 0 Å². The average Bonchev–Trinajstić information content (AvgIpc) is 3.15. The molecule has 0 aromatic carbocycles. The molecule has 0 radical (unpaired) electrons. The Balaban J connectivity index is 1.78. The lowest BCUT2D eigenvalue weighted by atomic mass is 10.3. The first-order valence-corrected chi connectivity index (χ1v) is 7.64. The van der Waals surface area contributed by atoms with Gasteiger partial charge < -0.3 is 15.1 Å². The van der Waals surface area contributed by atoms with E-state index in [1.165, 1.54) is 6.07 Å². The topological polar surface area (TPSA) is 109 Å². The van der Waals surface area contributed by atoms with Gasteiger partial charge in [0.15, 0.2) is 5.69 Å². The minimum atomic E-state index is -1.08. The molecule has 0 saturated heterocycles. The van der Waals surface area contributed by atoms with Crippen LogP contribution in [-0.2, 0) is 19.7 Å². The largest absolute Gasteiger partial charge is 0.477 e. The van der Waals surface area contributed by atoms with E-state index in [1.54, 1.807) is 16.8 Å². The molecule has 0 bridgehead atoms. The standard InChI is InChI=1S/C15H16N6O3/c22-9-10-6-11-8-19(3-1-4-21(11)18-10)15-17-12(14(23)24)7-13-16-2-5-20(13)15/h2,5-7,22H,1,3-4,8-9H2,(H,23,24). The van der Waals surface area contributed by atoms with E-state index in [0.29, 0.717) is 23.8 Å². The lowest BCUT2D eigenvalue weighted by Gasteiger charge is -2.22. The number of rotatable bonds is 3. The first kappa shape index (κ1) is 14.6. The summed E-state index contributed by atoms with van der Waals surface area (Å²) in [4.78, 5) is 21.9. The van der Waals surface area contributed by atoms with Crippen molar-refractivity contribution in [2.45, 2.75) is 26.1 Å². The van der Waals surface area contributed by atoms with Gasteiger partial charge in [-0.1, -0.05) is 0 Å². The minimum absolute atomic E-state index is 0.0301. The van der Waals surface area contributed by atoms with E-state index in [1.807, 2.05) is 15.6 Å². The molecule has 4 heterocycles. The van der Waals surface area contributed by atoms with Crippen molar-refractivity contribution in [2.75, 3.05) is 11.4 Å². The van der Waals surface area contributed by atoms with Gasteiger partial charge in [0.05, 0.1) is 24.5 Å². The molecule has 1 aliphatic heterocycles. The molecule has 0 atom stereocenters. The molecule has 3 aromatic rings. The van der Waals surface area contributed by atoms with Crippen LogP contribution in [0, 0.1) is 0 Å². The second-order valence-corrected chi connectivity index (χ2v) is 5.69. The zero-order valence-electron chi connectivity index (χ0n) is 12.8. The number of fused-ring (bicyclic) bond motifs is 2. The molecule has 9 nitrogen and oxygen atoms in total. The van der Waals surface area contributed by atoms with E-state index < -0.39 is 5.97 Å². The minimum Gasteiger partial charge on any atom is -0.477 e. The normalized spacial score (nSPS) is 14.6. The summed E-state index contributed by atoms with van der Waals surface area (Å²) in [5.74, 6) is -0.535. The molecule has 4 rings (SSSR count). The monoisotopic (exact) mass is 328 g/mol. The zero-order valence-corrected chi connectivity index (χ0v) is 12.8. The van der Waals surface area contributed by atoms with E-state index in [2.05, 4.69) is 15.1 Å². The van der Waals surface area contributed by atoms with Crippen LogP contribution in [-0.4, -0.2) is 46.9 Å². The van der Waals surface area contributed by atoms with Crippen LogP contribution in [0.15, 0.2) is 24.5 Å². The molecule has 0 fully saturated rings. The number of carboxylic acids is 1. The van der Waals surface area contributed by atoms with Gasteiger partial charge in [0.25, 0.3) is 0 Å². The molecule has 0 amide bonds. The van der Waals surface area contributed by atoms with Crippen LogP contribution in [0.5, 0.6) is 0 Å². The highest BCUT2D eigenvalue weighted by molar-refractivity contribution is 5.87. The Morgan fingerprint density at radius 3 is 2.96 bits per heavy atom. The highest BCUT2D eigenvalue weighted by Crippen LogP contribution is 2.21. The molecule has 124 valence electrons. The lowest BCUT2D eigenvalue weighted by molar-refractivity contribution is 0.0690. The Labute approximate surface area is 136 Å². The first-order chi connectivity index (χ1) is 11.7. The molecule has 2 N–H and O–H groups in total. The van der Waals surface area contributed by atoms with Crippen LogP contribution in [0.4, 0.5) is 5.95 Å². The van der Waals surface area contributed by atoms with Gasteiger partial charge in [-0.2, -0.15) is 5.10 Å².